The number of ether oxygens (including phenoxy) is 1. The van der Waals surface area contributed by atoms with E-state index in [1.807, 2.05) is 19.1 Å². The summed E-state index contributed by atoms with van der Waals surface area (Å²) < 4.78 is 5.40. The van der Waals surface area contributed by atoms with Crippen molar-refractivity contribution in [2.45, 2.75) is 13.8 Å². The van der Waals surface area contributed by atoms with Gasteiger partial charge in [-0.15, -0.1) is 0 Å². The molecule has 0 saturated carbocycles. The SMILES string of the molecule is C/C(=N\NC(=O)C(=O)Nc1ccc(Cl)c(Cl)c1)c1ccc(OC(=O)c2ccccc2C)cc1. The van der Waals surface area contributed by atoms with Crippen molar-refractivity contribution in [1.29, 1.82) is 0 Å². The summed E-state index contributed by atoms with van der Waals surface area (Å²) in [5, 5.41) is 6.92. The van der Waals surface area contributed by atoms with Crippen LogP contribution in [0.3, 0.4) is 0 Å². The number of hydrogen-bond donors (Lipinski definition) is 2. The number of amides is 2. The van der Waals surface area contributed by atoms with E-state index in [1.165, 1.54) is 18.2 Å². The van der Waals surface area contributed by atoms with Crippen LogP contribution in [0.5, 0.6) is 5.75 Å². The predicted octanol–water partition coefficient (Wildman–Crippen LogP) is 5.00. The highest BCUT2D eigenvalue weighted by Crippen LogP contribution is 2.25. The molecule has 0 spiro atoms. The van der Waals surface area contributed by atoms with Gasteiger partial charge in [0.2, 0.25) is 0 Å². The Morgan fingerprint density at radius 1 is 0.879 bits per heavy atom. The van der Waals surface area contributed by atoms with E-state index in [-0.39, 0.29) is 5.02 Å². The standard InChI is InChI=1S/C24H19Cl2N3O4/c1-14-5-3-4-6-19(14)24(32)33-18-10-7-16(8-11-18)15(2)28-29-23(31)22(30)27-17-9-12-20(25)21(26)13-17/h3-13H,1-2H3,(H,27,30)(H,29,31)/b28-15+. The van der Waals surface area contributed by atoms with Gasteiger partial charge in [-0.1, -0.05) is 41.4 Å². The second-order valence-corrected chi connectivity index (χ2v) is 7.76. The second kappa shape index (κ2) is 10.8. The van der Waals surface area contributed by atoms with E-state index in [4.69, 9.17) is 27.9 Å². The Bertz CT molecular complexity index is 1240. The lowest BCUT2D eigenvalue weighted by Gasteiger charge is -2.08. The van der Waals surface area contributed by atoms with Crippen molar-refractivity contribution in [1.82, 2.24) is 5.43 Å². The number of halogens is 2. The molecule has 0 radical (unpaired) electrons. The predicted molar refractivity (Wildman–Crippen MR) is 128 cm³/mol. The molecule has 2 N–H and O–H groups in total. The minimum absolute atomic E-state index is 0.247. The van der Waals surface area contributed by atoms with Crippen molar-refractivity contribution in [2.75, 3.05) is 5.32 Å². The van der Waals surface area contributed by atoms with Crippen LogP contribution in [-0.4, -0.2) is 23.5 Å². The first-order valence-corrected chi connectivity index (χ1v) is 10.5. The number of carbonyl (C=O) groups is 3. The summed E-state index contributed by atoms with van der Waals surface area (Å²) in [6.07, 6.45) is 0. The fourth-order valence-electron chi connectivity index (χ4n) is 2.74. The first-order chi connectivity index (χ1) is 15.7. The van der Waals surface area contributed by atoms with Crippen LogP contribution >= 0.6 is 23.2 Å². The maximum atomic E-state index is 12.3. The van der Waals surface area contributed by atoms with Gasteiger partial charge in [0.1, 0.15) is 5.75 Å². The first-order valence-electron chi connectivity index (χ1n) is 9.73. The number of nitrogens with zero attached hydrogens (tertiary/aromatic N) is 1. The average Bonchev–Trinajstić information content (AvgIpc) is 2.80. The van der Waals surface area contributed by atoms with E-state index < -0.39 is 17.8 Å². The summed E-state index contributed by atoms with van der Waals surface area (Å²) in [5.74, 6) is -1.95. The van der Waals surface area contributed by atoms with Gasteiger partial charge in [0.25, 0.3) is 0 Å². The molecule has 0 aromatic heterocycles. The molecule has 0 unspecified atom stereocenters. The largest absolute Gasteiger partial charge is 0.423 e. The quantitative estimate of drug-likeness (QED) is 0.175. The van der Waals surface area contributed by atoms with Crippen molar-refractivity contribution < 1.29 is 19.1 Å². The Kier molecular flexibility index (Phi) is 7.82. The summed E-state index contributed by atoms with van der Waals surface area (Å²) in [6, 6.07) is 18.2. The maximum Gasteiger partial charge on any atom is 0.343 e. The molecule has 3 aromatic rings. The number of aryl methyl sites for hydroxylation is 1. The third-order valence-corrected chi connectivity index (χ3v) is 5.30. The Morgan fingerprint density at radius 3 is 2.24 bits per heavy atom. The molecule has 0 fully saturated rings. The fraction of sp³-hybridized carbons (Fsp3) is 0.0833. The van der Waals surface area contributed by atoms with Crippen LogP contribution < -0.4 is 15.5 Å². The molecule has 3 aromatic carbocycles. The van der Waals surface area contributed by atoms with Gasteiger partial charge < -0.3 is 10.1 Å². The highest BCUT2D eigenvalue weighted by atomic mass is 35.5. The molecule has 2 amide bonds. The van der Waals surface area contributed by atoms with Crippen molar-refractivity contribution in [2.24, 2.45) is 5.10 Å². The lowest BCUT2D eigenvalue weighted by atomic mass is 10.1. The zero-order chi connectivity index (χ0) is 24.0. The Hall–Kier alpha value is -3.68. The normalized spacial score (nSPS) is 11.0. The summed E-state index contributed by atoms with van der Waals surface area (Å²) in [7, 11) is 0. The lowest BCUT2D eigenvalue weighted by molar-refractivity contribution is -0.136. The van der Waals surface area contributed by atoms with Crippen LogP contribution in [0.2, 0.25) is 10.0 Å². The van der Waals surface area contributed by atoms with Crippen molar-refractivity contribution in [3.05, 3.63) is 93.5 Å². The van der Waals surface area contributed by atoms with Crippen LogP contribution in [0.15, 0.2) is 71.8 Å². The van der Waals surface area contributed by atoms with Gasteiger partial charge in [0.05, 0.1) is 21.3 Å². The molecule has 9 heteroatoms. The van der Waals surface area contributed by atoms with Crippen LogP contribution in [0, 0.1) is 6.92 Å². The van der Waals surface area contributed by atoms with Crippen LogP contribution in [0.4, 0.5) is 5.69 Å². The molecule has 33 heavy (non-hydrogen) atoms. The minimum atomic E-state index is -0.954. The Balaban J connectivity index is 1.58. The second-order valence-electron chi connectivity index (χ2n) is 6.95. The average molecular weight is 484 g/mol. The summed E-state index contributed by atoms with van der Waals surface area (Å²) in [5.41, 5.74) is 4.93. The van der Waals surface area contributed by atoms with E-state index in [9.17, 15) is 14.4 Å². The highest BCUT2D eigenvalue weighted by Gasteiger charge is 2.14. The number of nitrogens with one attached hydrogen (secondary N) is 2. The molecule has 7 nitrogen and oxygen atoms in total. The van der Waals surface area contributed by atoms with Crippen LogP contribution in [-0.2, 0) is 9.59 Å². The number of rotatable bonds is 5. The molecule has 0 heterocycles. The van der Waals surface area contributed by atoms with Gasteiger partial charge in [-0.2, -0.15) is 5.10 Å². The van der Waals surface area contributed by atoms with Gasteiger partial charge >= 0.3 is 17.8 Å². The maximum absolute atomic E-state index is 12.3. The molecule has 0 aliphatic rings. The molecule has 0 aliphatic heterocycles. The summed E-state index contributed by atoms with van der Waals surface area (Å²) in [6.45, 7) is 3.49. The Morgan fingerprint density at radius 2 is 1.58 bits per heavy atom. The topological polar surface area (TPSA) is 96.9 Å². The van der Waals surface area contributed by atoms with Crippen LogP contribution in [0.25, 0.3) is 0 Å². The highest BCUT2D eigenvalue weighted by molar-refractivity contribution is 6.43. The van der Waals surface area contributed by atoms with Crippen molar-refractivity contribution in [3.63, 3.8) is 0 Å². The third kappa shape index (κ3) is 6.41. The number of esters is 1. The Labute approximate surface area is 200 Å². The van der Waals surface area contributed by atoms with E-state index in [2.05, 4.69) is 15.8 Å². The van der Waals surface area contributed by atoms with Crippen molar-refractivity contribution in [3.8, 4) is 5.75 Å². The molecule has 0 bridgehead atoms. The third-order valence-electron chi connectivity index (χ3n) is 4.56. The lowest BCUT2D eigenvalue weighted by Crippen LogP contribution is -2.32. The minimum Gasteiger partial charge on any atom is -0.423 e. The number of hydrogen-bond acceptors (Lipinski definition) is 5. The van der Waals surface area contributed by atoms with E-state index in [0.29, 0.717) is 33.3 Å². The number of benzene rings is 3. The van der Waals surface area contributed by atoms with E-state index >= 15 is 0 Å². The summed E-state index contributed by atoms with van der Waals surface area (Å²) in [4.78, 5) is 36.4. The molecule has 0 saturated heterocycles. The zero-order valence-electron chi connectivity index (χ0n) is 17.7. The van der Waals surface area contributed by atoms with Crippen molar-refractivity contribution >= 4 is 52.4 Å². The van der Waals surface area contributed by atoms with Gasteiger partial charge in [-0.25, -0.2) is 10.2 Å². The zero-order valence-corrected chi connectivity index (χ0v) is 19.2. The molecular weight excluding hydrogens is 465 g/mol. The smallest absolute Gasteiger partial charge is 0.343 e. The van der Waals surface area contributed by atoms with Gasteiger partial charge in [-0.05, 0) is 73.5 Å². The number of anilines is 1. The molecular formula is C24H19Cl2N3O4. The van der Waals surface area contributed by atoms with Crippen LogP contribution in [0.1, 0.15) is 28.4 Å². The number of carbonyl (C=O) groups excluding carboxylic acids is 3. The fourth-order valence-corrected chi connectivity index (χ4v) is 3.04. The van der Waals surface area contributed by atoms with E-state index in [1.54, 1.807) is 43.3 Å². The van der Waals surface area contributed by atoms with E-state index in [0.717, 1.165) is 5.56 Å². The molecule has 3 rings (SSSR count). The first kappa shape index (κ1) is 24.0. The van der Waals surface area contributed by atoms with Gasteiger partial charge in [-0.3, -0.25) is 9.59 Å². The molecule has 168 valence electrons. The van der Waals surface area contributed by atoms with Gasteiger partial charge in [0, 0.05) is 5.69 Å². The summed E-state index contributed by atoms with van der Waals surface area (Å²) >= 11 is 11.7. The molecule has 0 aliphatic carbocycles. The number of hydrazone groups is 1. The molecule has 0 atom stereocenters. The van der Waals surface area contributed by atoms with Gasteiger partial charge in [0.15, 0.2) is 0 Å². The monoisotopic (exact) mass is 483 g/mol.